The van der Waals surface area contributed by atoms with Gasteiger partial charge in [-0.2, -0.15) is 0 Å². The van der Waals surface area contributed by atoms with E-state index < -0.39 is 0 Å². The fourth-order valence-electron chi connectivity index (χ4n) is 2.07. The number of ether oxygens (including phenoxy) is 1. The normalized spacial score (nSPS) is 22.5. The van der Waals surface area contributed by atoms with Crippen molar-refractivity contribution in [3.63, 3.8) is 0 Å². The predicted molar refractivity (Wildman–Crippen MR) is 67.1 cm³/mol. The van der Waals surface area contributed by atoms with E-state index in [2.05, 4.69) is 24.5 Å². The van der Waals surface area contributed by atoms with Gasteiger partial charge in [0.1, 0.15) is 0 Å². The highest BCUT2D eigenvalue weighted by Crippen LogP contribution is 2.27. The highest BCUT2D eigenvalue weighted by Gasteiger charge is 2.21. The largest absolute Gasteiger partial charge is 0.381 e. The van der Waals surface area contributed by atoms with Gasteiger partial charge in [-0.05, 0) is 19.9 Å². The molecule has 1 fully saturated rings. The highest BCUT2D eigenvalue weighted by atomic mass is 32.1. The van der Waals surface area contributed by atoms with Crippen LogP contribution in [0, 0.1) is 0 Å². The molecule has 2 heterocycles. The van der Waals surface area contributed by atoms with Crippen LogP contribution in [-0.2, 0) is 11.2 Å². The molecule has 2 rings (SSSR count). The molecule has 0 aliphatic carbocycles. The zero-order valence-corrected chi connectivity index (χ0v) is 10.8. The number of thiazole rings is 1. The number of aromatic nitrogens is 1. The van der Waals surface area contributed by atoms with E-state index >= 15 is 0 Å². The molecule has 2 atom stereocenters. The van der Waals surface area contributed by atoms with Crippen LogP contribution in [0.4, 0.5) is 0 Å². The summed E-state index contributed by atoms with van der Waals surface area (Å²) in [6, 6.07) is 0.514. The Morgan fingerprint density at radius 2 is 2.56 bits per heavy atom. The Balaban J connectivity index is 1.91. The molecule has 16 heavy (non-hydrogen) atoms. The van der Waals surface area contributed by atoms with E-state index in [0.29, 0.717) is 12.0 Å². The molecular weight excluding hydrogens is 220 g/mol. The zero-order valence-electron chi connectivity index (χ0n) is 10.0. The number of nitrogens with zero attached hydrogens (tertiary/aromatic N) is 1. The smallest absolute Gasteiger partial charge is 0.0983 e. The average molecular weight is 240 g/mol. The fraction of sp³-hybridized carbons (Fsp3) is 0.750. The van der Waals surface area contributed by atoms with E-state index in [9.17, 15) is 0 Å². The molecule has 90 valence electrons. The van der Waals surface area contributed by atoms with Gasteiger partial charge in [0.15, 0.2) is 0 Å². The molecule has 4 heteroatoms. The minimum Gasteiger partial charge on any atom is -0.381 e. The molecule has 1 N–H and O–H groups in total. The third kappa shape index (κ3) is 3.03. The SMILES string of the molecule is CCNC(C)Cc1csc(C2CCOC2)n1. The van der Waals surface area contributed by atoms with E-state index in [1.807, 2.05) is 0 Å². The number of hydrogen-bond donors (Lipinski definition) is 1. The monoisotopic (exact) mass is 240 g/mol. The molecule has 1 aliphatic rings. The second-order valence-electron chi connectivity index (χ2n) is 4.40. The third-order valence-electron chi connectivity index (χ3n) is 2.92. The van der Waals surface area contributed by atoms with Crippen molar-refractivity contribution >= 4 is 11.3 Å². The van der Waals surface area contributed by atoms with Gasteiger partial charge in [-0.15, -0.1) is 11.3 Å². The molecule has 3 nitrogen and oxygen atoms in total. The Bertz CT molecular complexity index is 321. The summed E-state index contributed by atoms with van der Waals surface area (Å²) in [5, 5.41) is 6.87. The van der Waals surface area contributed by atoms with Gasteiger partial charge in [0, 0.05) is 30.4 Å². The Morgan fingerprint density at radius 1 is 1.69 bits per heavy atom. The van der Waals surface area contributed by atoms with Gasteiger partial charge in [-0.1, -0.05) is 6.92 Å². The topological polar surface area (TPSA) is 34.1 Å². The number of likely N-dealkylation sites (N-methyl/N-ethyl adjacent to an activating group) is 1. The van der Waals surface area contributed by atoms with Crippen molar-refractivity contribution in [3.8, 4) is 0 Å². The predicted octanol–water partition coefficient (Wildman–Crippen LogP) is 2.19. The second-order valence-corrected chi connectivity index (χ2v) is 5.29. The summed E-state index contributed by atoms with van der Waals surface area (Å²) in [5.74, 6) is 0.549. The molecule has 0 radical (unpaired) electrons. The van der Waals surface area contributed by atoms with Crippen molar-refractivity contribution in [2.75, 3.05) is 19.8 Å². The Labute approximate surface area is 101 Å². The molecule has 0 saturated carbocycles. The highest BCUT2D eigenvalue weighted by molar-refractivity contribution is 7.09. The van der Waals surface area contributed by atoms with Crippen LogP contribution in [0.3, 0.4) is 0 Å². The molecule has 0 bridgehead atoms. The van der Waals surface area contributed by atoms with Crippen LogP contribution in [0.2, 0.25) is 0 Å². The number of nitrogens with one attached hydrogen (secondary N) is 1. The summed E-state index contributed by atoms with van der Waals surface area (Å²) >= 11 is 1.79. The molecule has 1 aliphatic heterocycles. The first-order valence-electron chi connectivity index (χ1n) is 6.05. The average Bonchev–Trinajstić information content (AvgIpc) is 2.86. The standard InChI is InChI=1S/C12H20N2OS/c1-3-13-9(2)6-11-8-16-12(14-11)10-4-5-15-7-10/h8-10,13H,3-7H2,1-2H3. The first-order chi connectivity index (χ1) is 7.79. The molecule has 0 aromatic carbocycles. The van der Waals surface area contributed by atoms with Crippen LogP contribution >= 0.6 is 11.3 Å². The molecule has 0 amide bonds. The zero-order chi connectivity index (χ0) is 11.4. The summed E-state index contributed by atoms with van der Waals surface area (Å²) < 4.78 is 5.39. The lowest BCUT2D eigenvalue weighted by Crippen LogP contribution is -2.27. The van der Waals surface area contributed by atoms with Crippen LogP contribution in [-0.4, -0.2) is 30.8 Å². The molecule has 1 saturated heterocycles. The van der Waals surface area contributed by atoms with Gasteiger partial charge in [0.25, 0.3) is 0 Å². The minimum absolute atomic E-state index is 0.514. The van der Waals surface area contributed by atoms with Crippen LogP contribution in [0.15, 0.2) is 5.38 Å². The van der Waals surface area contributed by atoms with Gasteiger partial charge < -0.3 is 10.1 Å². The maximum Gasteiger partial charge on any atom is 0.0983 e. The van der Waals surface area contributed by atoms with Gasteiger partial charge in [-0.3, -0.25) is 0 Å². The van der Waals surface area contributed by atoms with Gasteiger partial charge >= 0.3 is 0 Å². The number of hydrogen-bond acceptors (Lipinski definition) is 4. The van der Waals surface area contributed by atoms with E-state index in [1.54, 1.807) is 11.3 Å². The van der Waals surface area contributed by atoms with Crippen molar-refractivity contribution in [1.29, 1.82) is 0 Å². The Kier molecular flexibility index (Phi) is 4.32. The fourth-order valence-corrected chi connectivity index (χ4v) is 3.02. The van der Waals surface area contributed by atoms with Crippen molar-refractivity contribution in [2.24, 2.45) is 0 Å². The van der Waals surface area contributed by atoms with Crippen LogP contribution in [0.1, 0.15) is 36.9 Å². The van der Waals surface area contributed by atoms with Gasteiger partial charge in [-0.25, -0.2) is 4.98 Å². The molecule has 2 unspecified atom stereocenters. The molecular formula is C12H20N2OS. The van der Waals surface area contributed by atoms with Crippen molar-refractivity contribution in [1.82, 2.24) is 10.3 Å². The minimum atomic E-state index is 0.514. The Hall–Kier alpha value is -0.450. The van der Waals surface area contributed by atoms with Crippen molar-refractivity contribution < 1.29 is 4.74 Å². The molecule has 1 aromatic rings. The summed E-state index contributed by atoms with van der Waals surface area (Å²) in [6.45, 7) is 7.12. The lowest BCUT2D eigenvalue weighted by molar-refractivity contribution is 0.194. The second kappa shape index (κ2) is 5.75. The Morgan fingerprint density at radius 3 is 3.25 bits per heavy atom. The first kappa shape index (κ1) is 12.0. The van der Waals surface area contributed by atoms with E-state index in [0.717, 1.165) is 32.6 Å². The molecule has 1 aromatic heterocycles. The summed E-state index contributed by atoms with van der Waals surface area (Å²) in [6.07, 6.45) is 2.16. The van der Waals surface area contributed by atoms with Gasteiger partial charge in [0.2, 0.25) is 0 Å². The van der Waals surface area contributed by atoms with Crippen molar-refractivity contribution in [2.45, 2.75) is 38.6 Å². The van der Waals surface area contributed by atoms with E-state index in [-0.39, 0.29) is 0 Å². The quantitative estimate of drug-likeness (QED) is 0.856. The van der Waals surface area contributed by atoms with Crippen LogP contribution in [0.25, 0.3) is 0 Å². The lowest BCUT2D eigenvalue weighted by atomic mass is 10.1. The first-order valence-corrected chi connectivity index (χ1v) is 6.93. The van der Waals surface area contributed by atoms with Crippen molar-refractivity contribution in [3.05, 3.63) is 16.1 Å². The maximum absolute atomic E-state index is 5.39. The lowest BCUT2D eigenvalue weighted by Gasteiger charge is -2.09. The molecule has 0 spiro atoms. The maximum atomic E-state index is 5.39. The van der Waals surface area contributed by atoms with Gasteiger partial charge in [0.05, 0.1) is 17.3 Å². The third-order valence-corrected chi connectivity index (χ3v) is 3.97. The summed E-state index contributed by atoms with van der Waals surface area (Å²) in [7, 11) is 0. The summed E-state index contributed by atoms with van der Waals surface area (Å²) in [5.41, 5.74) is 1.22. The van der Waals surface area contributed by atoms with E-state index in [1.165, 1.54) is 10.7 Å². The van der Waals surface area contributed by atoms with Crippen LogP contribution < -0.4 is 5.32 Å². The number of rotatable bonds is 5. The van der Waals surface area contributed by atoms with Crippen LogP contribution in [0.5, 0.6) is 0 Å². The van der Waals surface area contributed by atoms with E-state index in [4.69, 9.17) is 9.72 Å². The summed E-state index contributed by atoms with van der Waals surface area (Å²) in [4.78, 5) is 4.71.